The summed E-state index contributed by atoms with van der Waals surface area (Å²) in [4.78, 5) is 17.0. The van der Waals surface area contributed by atoms with Crippen molar-refractivity contribution >= 4 is 23.2 Å². The number of nitrogens with zero attached hydrogens (tertiary/aromatic N) is 2. The van der Waals surface area contributed by atoms with Crippen LogP contribution in [-0.2, 0) is 0 Å². The van der Waals surface area contributed by atoms with Gasteiger partial charge in [-0.05, 0) is 42.8 Å². The zero-order chi connectivity index (χ0) is 20.1. The van der Waals surface area contributed by atoms with E-state index in [0.29, 0.717) is 41.8 Å². The number of halogens is 1. The van der Waals surface area contributed by atoms with E-state index >= 15 is 0 Å². The van der Waals surface area contributed by atoms with Crippen molar-refractivity contribution in [1.82, 2.24) is 4.90 Å². The number of piperazine rings is 1. The predicted molar refractivity (Wildman–Crippen MR) is 110 cm³/mol. The van der Waals surface area contributed by atoms with Crippen molar-refractivity contribution in [2.45, 2.75) is 13.3 Å². The van der Waals surface area contributed by atoms with Gasteiger partial charge >= 0.3 is 0 Å². The highest BCUT2D eigenvalue weighted by Crippen LogP contribution is 2.37. The van der Waals surface area contributed by atoms with E-state index in [1.165, 1.54) is 7.11 Å². The van der Waals surface area contributed by atoms with E-state index in [-0.39, 0.29) is 11.7 Å². The summed E-state index contributed by atoms with van der Waals surface area (Å²) in [5, 5.41) is 9.80. The third-order valence-corrected chi connectivity index (χ3v) is 4.99. The van der Waals surface area contributed by atoms with Crippen LogP contribution in [0.3, 0.4) is 0 Å². The monoisotopic (exact) mass is 404 g/mol. The molecule has 1 aliphatic rings. The number of carbonyl (C=O) groups is 1. The van der Waals surface area contributed by atoms with E-state index < -0.39 is 0 Å². The Balaban J connectivity index is 1.69. The molecule has 0 radical (unpaired) electrons. The lowest BCUT2D eigenvalue weighted by molar-refractivity contribution is 0.0746. The van der Waals surface area contributed by atoms with Crippen molar-refractivity contribution < 1.29 is 19.4 Å². The second-order valence-electron chi connectivity index (χ2n) is 6.63. The first-order valence-corrected chi connectivity index (χ1v) is 9.75. The Bertz CT molecular complexity index is 818. The van der Waals surface area contributed by atoms with Gasteiger partial charge in [0.1, 0.15) is 5.75 Å². The first-order valence-electron chi connectivity index (χ1n) is 9.37. The third kappa shape index (κ3) is 4.44. The van der Waals surface area contributed by atoms with Crippen LogP contribution in [0.5, 0.6) is 17.2 Å². The molecule has 2 aromatic rings. The van der Waals surface area contributed by atoms with Crippen LogP contribution in [0.4, 0.5) is 5.69 Å². The third-order valence-electron chi connectivity index (χ3n) is 4.71. The summed E-state index contributed by atoms with van der Waals surface area (Å²) in [5.74, 6) is 1.11. The molecule has 0 unspecified atom stereocenters. The number of carbonyl (C=O) groups excluding carboxylic acids is 1. The standard InChI is InChI=1S/C21H25ClN2O4/c1-3-12-28-20-18(22)13-15(14-19(20)27-2)21(26)24-10-8-23(9-11-24)16-4-6-17(25)7-5-16/h4-7,13-14,25H,3,8-12H2,1-2H3. The molecule has 6 nitrogen and oxygen atoms in total. The number of amides is 1. The van der Waals surface area contributed by atoms with E-state index in [1.807, 2.05) is 24.0 Å². The van der Waals surface area contributed by atoms with E-state index in [4.69, 9.17) is 21.1 Å². The maximum atomic E-state index is 13.0. The van der Waals surface area contributed by atoms with Crippen LogP contribution in [0.1, 0.15) is 23.7 Å². The fourth-order valence-corrected chi connectivity index (χ4v) is 3.47. The van der Waals surface area contributed by atoms with Gasteiger partial charge in [0.2, 0.25) is 0 Å². The number of aromatic hydroxyl groups is 1. The van der Waals surface area contributed by atoms with Crippen molar-refractivity contribution in [1.29, 1.82) is 0 Å². The first-order chi connectivity index (χ1) is 13.5. The first kappa shape index (κ1) is 20.1. The number of hydrogen-bond donors (Lipinski definition) is 1. The summed E-state index contributed by atoms with van der Waals surface area (Å²) in [5.41, 5.74) is 1.52. The molecule has 0 bridgehead atoms. The normalized spacial score (nSPS) is 14.1. The van der Waals surface area contributed by atoms with Crippen molar-refractivity contribution in [2.75, 3.05) is 44.8 Å². The van der Waals surface area contributed by atoms with Crippen LogP contribution in [0.2, 0.25) is 5.02 Å². The average Bonchev–Trinajstić information content (AvgIpc) is 2.72. The number of hydrogen-bond acceptors (Lipinski definition) is 5. The summed E-state index contributed by atoms with van der Waals surface area (Å²) in [6.45, 7) is 5.19. The van der Waals surface area contributed by atoms with E-state index in [9.17, 15) is 9.90 Å². The largest absolute Gasteiger partial charge is 0.508 e. The molecule has 0 aliphatic carbocycles. The highest BCUT2D eigenvalue weighted by molar-refractivity contribution is 6.32. The molecule has 7 heteroatoms. The fraction of sp³-hybridized carbons (Fsp3) is 0.381. The van der Waals surface area contributed by atoms with Gasteiger partial charge in [-0.3, -0.25) is 4.79 Å². The molecular weight excluding hydrogens is 380 g/mol. The molecule has 1 heterocycles. The Morgan fingerprint density at radius 3 is 2.43 bits per heavy atom. The number of anilines is 1. The number of ether oxygens (including phenoxy) is 2. The molecule has 0 aromatic heterocycles. The Morgan fingerprint density at radius 2 is 1.82 bits per heavy atom. The Morgan fingerprint density at radius 1 is 1.14 bits per heavy atom. The zero-order valence-electron chi connectivity index (χ0n) is 16.2. The smallest absolute Gasteiger partial charge is 0.254 e. The van der Waals surface area contributed by atoms with Crippen molar-refractivity contribution in [3.05, 3.63) is 47.0 Å². The van der Waals surface area contributed by atoms with Gasteiger partial charge in [-0.25, -0.2) is 0 Å². The Hall–Kier alpha value is -2.60. The summed E-state index contributed by atoms with van der Waals surface area (Å²) in [6.07, 6.45) is 0.853. The van der Waals surface area contributed by atoms with E-state index in [1.54, 1.807) is 24.3 Å². The van der Waals surface area contributed by atoms with E-state index in [0.717, 1.165) is 25.2 Å². The lowest BCUT2D eigenvalue weighted by atomic mass is 10.1. The fourth-order valence-electron chi connectivity index (χ4n) is 3.20. The molecule has 150 valence electrons. The van der Waals surface area contributed by atoms with Crippen LogP contribution in [0, 0.1) is 0 Å². The summed E-state index contributed by atoms with van der Waals surface area (Å²) < 4.78 is 11.0. The van der Waals surface area contributed by atoms with Gasteiger partial charge in [-0.1, -0.05) is 18.5 Å². The minimum absolute atomic E-state index is 0.0763. The van der Waals surface area contributed by atoms with Crippen molar-refractivity contribution in [3.63, 3.8) is 0 Å². The molecule has 0 saturated carbocycles. The van der Waals surface area contributed by atoms with Crippen LogP contribution in [-0.4, -0.2) is 55.8 Å². The van der Waals surface area contributed by atoms with Gasteiger partial charge in [0.05, 0.1) is 18.7 Å². The van der Waals surface area contributed by atoms with Crippen molar-refractivity contribution in [3.8, 4) is 17.2 Å². The number of phenols is 1. The van der Waals surface area contributed by atoms with Crippen LogP contribution in [0.15, 0.2) is 36.4 Å². The second-order valence-corrected chi connectivity index (χ2v) is 7.04. The number of rotatable bonds is 6. The number of methoxy groups -OCH3 is 1. The molecule has 28 heavy (non-hydrogen) atoms. The molecular formula is C21H25ClN2O4. The maximum Gasteiger partial charge on any atom is 0.254 e. The Kier molecular flexibility index (Phi) is 6.52. The van der Waals surface area contributed by atoms with Gasteiger partial charge in [0.15, 0.2) is 11.5 Å². The minimum Gasteiger partial charge on any atom is -0.508 e. The highest BCUT2D eigenvalue weighted by atomic mass is 35.5. The van der Waals surface area contributed by atoms with Crippen molar-refractivity contribution in [2.24, 2.45) is 0 Å². The lowest BCUT2D eigenvalue weighted by Gasteiger charge is -2.36. The average molecular weight is 405 g/mol. The number of phenolic OH excluding ortho intramolecular Hbond substituents is 1. The molecule has 2 aromatic carbocycles. The molecule has 1 aliphatic heterocycles. The van der Waals surface area contributed by atoms with Crippen LogP contribution >= 0.6 is 11.6 Å². The highest BCUT2D eigenvalue weighted by Gasteiger charge is 2.24. The lowest BCUT2D eigenvalue weighted by Crippen LogP contribution is -2.48. The summed E-state index contributed by atoms with van der Waals surface area (Å²) >= 11 is 6.34. The van der Waals surface area contributed by atoms with Gasteiger partial charge in [0, 0.05) is 37.4 Å². The Labute approximate surface area is 170 Å². The zero-order valence-corrected chi connectivity index (χ0v) is 16.9. The molecule has 0 spiro atoms. The molecule has 1 fully saturated rings. The molecule has 0 atom stereocenters. The van der Waals surface area contributed by atoms with Crippen LogP contribution < -0.4 is 14.4 Å². The van der Waals surface area contributed by atoms with Gasteiger partial charge in [-0.2, -0.15) is 0 Å². The van der Waals surface area contributed by atoms with Crippen LogP contribution in [0.25, 0.3) is 0 Å². The molecule has 3 rings (SSSR count). The topological polar surface area (TPSA) is 62.2 Å². The van der Waals surface area contributed by atoms with Gasteiger partial charge in [-0.15, -0.1) is 0 Å². The van der Waals surface area contributed by atoms with E-state index in [2.05, 4.69) is 4.90 Å². The molecule has 1 amide bonds. The maximum absolute atomic E-state index is 13.0. The molecule has 1 N–H and O–H groups in total. The van der Waals surface area contributed by atoms with Gasteiger partial charge in [0.25, 0.3) is 5.91 Å². The van der Waals surface area contributed by atoms with Gasteiger partial charge < -0.3 is 24.4 Å². The predicted octanol–water partition coefficient (Wildman–Crippen LogP) is 3.81. The number of benzene rings is 2. The quantitative estimate of drug-likeness (QED) is 0.793. The summed E-state index contributed by atoms with van der Waals surface area (Å²) in [7, 11) is 1.54. The SMILES string of the molecule is CCCOc1c(Cl)cc(C(=O)N2CCN(c3ccc(O)cc3)CC2)cc1OC. The second kappa shape index (κ2) is 9.06. The molecule has 1 saturated heterocycles. The minimum atomic E-state index is -0.0763. The summed E-state index contributed by atoms with van der Waals surface area (Å²) in [6, 6.07) is 10.4.